The lowest BCUT2D eigenvalue weighted by molar-refractivity contribution is -0.384. The van der Waals surface area contributed by atoms with Gasteiger partial charge in [-0.05, 0) is 56.4 Å². The van der Waals surface area contributed by atoms with Gasteiger partial charge in [0.1, 0.15) is 11.4 Å². The van der Waals surface area contributed by atoms with E-state index < -0.39 is 16.6 Å². The Balaban J connectivity index is 2.20. The van der Waals surface area contributed by atoms with Gasteiger partial charge in [0.25, 0.3) is 5.69 Å². The highest BCUT2D eigenvalue weighted by Gasteiger charge is 2.33. The van der Waals surface area contributed by atoms with Crippen molar-refractivity contribution >= 4 is 23.4 Å². The molecule has 0 aliphatic rings. The van der Waals surface area contributed by atoms with Crippen molar-refractivity contribution in [2.75, 3.05) is 0 Å². The summed E-state index contributed by atoms with van der Waals surface area (Å²) in [5.74, 6) is -0.470. The summed E-state index contributed by atoms with van der Waals surface area (Å²) in [6.07, 6.45) is 0.761. The number of primary amides is 1. The molecule has 6 nitrogen and oxygen atoms in total. The Hall–Kier alpha value is -2.67. The van der Waals surface area contributed by atoms with Gasteiger partial charge in [0.05, 0.1) is 9.95 Å². The van der Waals surface area contributed by atoms with E-state index in [2.05, 4.69) is 0 Å². The second kappa shape index (κ2) is 9.01. The zero-order valence-corrected chi connectivity index (χ0v) is 16.4. The maximum absolute atomic E-state index is 13.2. The predicted molar refractivity (Wildman–Crippen MR) is 105 cm³/mol. The Morgan fingerprint density at radius 1 is 1.29 bits per heavy atom. The molecule has 0 aliphatic carbocycles. The van der Waals surface area contributed by atoms with Gasteiger partial charge in [0.2, 0.25) is 0 Å². The second-order valence-electron chi connectivity index (χ2n) is 7.12. The molecule has 1 unspecified atom stereocenters. The number of nitro benzene ring substituents is 1. The molecule has 28 heavy (non-hydrogen) atoms. The Kier molecular flexibility index (Phi) is 6.96. The molecular weight excluding hydrogens is 387 g/mol. The molecule has 2 N–H and O–H groups in total. The summed E-state index contributed by atoms with van der Waals surface area (Å²) < 4.78 is 18.5. The third kappa shape index (κ3) is 5.92. The molecule has 1 amide bonds. The molecule has 1 atom stereocenters. The first-order valence-corrected chi connectivity index (χ1v) is 9.12. The highest BCUT2D eigenvalue weighted by molar-refractivity contribution is 6.31. The van der Waals surface area contributed by atoms with E-state index in [0.29, 0.717) is 24.3 Å². The number of aryl methyl sites for hydroxylation is 1. The number of benzene rings is 2. The first kappa shape index (κ1) is 21.6. The van der Waals surface area contributed by atoms with Gasteiger partial charge in [-0.15, -0.1) is 0 Å². The lowest BCUT2D eigenvalue weighted by atomic mass is 9.81. The molecule has 0 aromatic heterocycles. The second-order valence-corrected chi connectivity index (χ2v) is 7.53. The van der Waals surface area contributed by atoms with Crippen molar-refractivity contribution in [3.63, 3.8) is 0 Å². The van der Waals surface area contributed by atoms with Crippen LogP contribution in [0.1, 0.15) is 31.4 Å². The molecule has 0 aliphatic heterocycles. The smallest absolute Gasteiger partial charge is 0.405 e. The quantitative estimate of drug-likeness (QED) is 0.488. The van der Waals surface area contributed by atoms with Gasteiger partial charge in [0.15, 0.2) is 0 Å². The molecule has 0 saturated carbocycles. The van der Waals surface area contributed by atoms with Crippen LogP contribution in [0.25, 0.3) is 0 Å². The number of nitro groups is 1. The van der Waals surface area contributed by atoms with Crippen LogP contribution in [0.4, 0.5) is 14.9 Å². The van der Waals surface area contributed by atoms with E-state index in [1.54, 1.807) is 32.0 Å². The summed E-state index contributed by atoms with van der Waals surface area (Å²) >= 11 is 6.18. The van der Waals surface area contributed by atoms with Gasteiger partial charge in [-0.2, -0.15) is 0 Å². The van der Waals surface area contributed by atoms with Gasteiger partial charge >= 0.3 is 6.09 Å². The van der Waals surface area contributed by atoms with Crippen molar-refractivity contribution in [2.24, 2.45) is 11.7 Å². The van der Waals surface area contributed by atoms with Gasteiger partial charge < -0.3 is 10.5 Å². The number of nitrogens with two attached hydrogens (primary N) is 1. The van der Waals surface area contributed by atoms with Crippen molar-refractivity contribution in [1.82, 2.24) is 0 Å². The Morgan fingerprint density at radius 2 is 1.93 bits per heavy atom. The number of non-ortho nitro benzene ring substituents is 1. The predicted octanol–water partition coefficient (Wildman–Crippen LogP) is 5.05. The molecule has 0 radical (unpaired) electrons. The number of halogens is 2. The molecule has 8 heteroatoms. The molecule has 0 heterocycles. The average Bonchev–Trinajstić information content (AvgIpc) is 2.59. The highest BCUT2D eigenvalue weighted by Crippen LogP contribution is 2.31. The fourth-order valence-corrected chi connectivity index (χ4v) is 3.39. The largest absolute Gasteiger partial charge is 0.443 e. The Bertz CT molecular complexity index is 856. The zero-order chi connectivity index (χ0) is 20.9. The normalized spacial score (nSPS) is 12.4. The van der Waals surface area contributed by atoms with Crippen LogP contribution in [-0.2, 0) is 17.6 Å². The van der Waals surface area contributed by atoms with E-state index in [4.69, 9.17) is 22.1 Å². The van der Waals surface area contributed by atoms with Crippen LogP contribution in [-0.4, -0.2) is 16.6 Å². The third-order valence-electron chi connectivity index (χ3n) is 4.75. The summed E-state index contributed by atoms with van der Waals surface area (Å²) in [4.78, 5) is 21.7. The first-order chi connectivity index (χ1) is 13.1. The molecule has 0 spiro atoms. The van der Waals surface area contributed by atoms with E-state index >= 15 is 0 Å². The first-order valence-electron chi connectivity index (χ1n) is 8.74. The van der Waals surface area contributed by atoms with E-state index in [9.17, 15) is 19.3 Å². The monoisotopic (exact) mass is 408 g/mol. The maximum Gasteiger partial charge on any atom is 0.405 e. The minimum Gasteiger partial charge on any atom is -0.443 e. The van der Waals surface area contributed by atoms with Crippen LogP contribution < -0.4 is 5.73 Å². The summed E-state index contributed by atoms with van der Waals surface area (Å²) in [5.41, 5.74) is 5.91. The number of carbonyl (C=O) groups excluding carboxylic acids is 1. The van der Waals surface area contributed by atoms with Crippen LogP contribution in [0, 0.1) is 21.8 Å². The molecule has 0 bridgehead atoms. The lowest BCUT2D eigenvalue weighted by Gasteiger charge is -2.34. The van der Waals surface area contributed by atoms with Crippen LogP contribution in [0.3, 0.4) is 0 Å². The van der Waals surface area contributed by atoms with E-state index in [1.165, 1.54) is 24.3 Å². The SMILES string of the molecule is CC(C)(OC(N)=O)C(CCc1ccc([N+](=O)[O-])cc1Cl)Cc1ccc(F)cc1. The van der Waals surface area contributed by atoms with Crippen molar-refractivity contribution in [1.29, 1.82) is 0 Å². The molecule has 2 rings (SSSR count). The van der Waals surface area contributed by atoms with Crippen molar-refractivity contribution in [3.05, 3.63) is 74.5 Å². The highest BCUT2D eigenvalue weighted by atomic mass is 35.5. The van der Waals surface area contributed by atoms with Crippen molar-refractivity contribution < 1.29 is 18.8 Å². The number of nitrogens with zero attached hydrogens (tertiary/aromatic N) is 1. The number of hydrogen-bond donors (Lipinski definition) is 1. The number of carbonyl (C=O) groups is 1. The summed E-state index contributed by atoms with van der Waals surface area (Å²) in [6, 6.07) is 10.5. The average molecular weight is 409 g/mol. The zero-order valence-electron chi connectivity index (χ0n) is 15.7. The van der Waals surface area contributed by atoms with Crippen LogP contribution in [0.2, 0.25) is 5.02 Å². The Labute approximate surface area is 167 Å². The topological polar surface area (TPSA) is 95.5 Å². The van der Waals surface area contributed by atoms with Gasteiger partial charge in [-0.3, -0.25) is 10.1 Å². The van der Waals surface area contributed by atoms with E-state index in [1.807, 2.05) is 0 Å². The number of amides is 1. The maximum atomic E-state index is 13.2. The Morgan fingerprint density at radius 3 is 2.46 bits per heavy atom. The molecule has 2 aromatic rings. The minimum atomic E-state index is -0.873. The van der Waals surface area contributed by atoms with Crippen molar-refractivity contribution in [2.45, 2.75) is 38.7 Å². The molecule has 0 fully saturated rings. The third-order valence-corrected chi connectivity index (χ3v) is 5.10. The standard InChI is InChI=1S/C20H22ClFN2O4/c1-20(2,28-19(23)25)15(11-13-3-8-16(22)9-4-13)7-5-14-6-10-17(24(26)27)12-18(14)21/h3-4,6,8-10,12,15H,5,7,11H2,1-2H3,(H2,23,25). The number of rotatable bonds is 8. The van der Waals surface area contributed by atoms with E-state index in [-0.39, 0.29) is 17.4 Å². The van der Waals surface area contributed by atoms with Gasteiger partial charge in [-0.1, -0.05) is 29.8 Å². The summed E-state index contributed by atoms with van der Waals surface area (Å²) in [5, 5.41) is 11.2. The number of ether oxygens (including phenoxy) is 1. The van der Waals surface area contributed by atoms with E-state index in [0.717, 1.165) is 11.1 Å². The minimum absolute atomic E-state index is 0.0750. The fourth-order valence-electron chi connectivity index (χ4n) is 3.13. The number of hydrogen-bond acceptors (Lipinski definition) is 4. The summed E-state index contributed by atoms with van der Waals surface area (Å²) in [6.45, 7) is 3.53. The van der Waals surface area contributed by atoms with Crippen LogP contribution in [0.5, 0.6) is 0 Å². The molecule has 150 valence electrons. The molecular formula is C20H22ClFN2O4. The fraction of sp³-hybridized carbons (Fsp3) is 0.350. The van der Waals surface area contributed by atoms with Crippen LogP contribution >= 0.6 is 11.6 Å². The lowest BCUT2D eigenvalue weighted by Crippen LogP contribution is -2.40. The van der Waals surface area contributed by atoms with Gasteiger partial charge in [-0.25, -0.2) is 9.18 Å². The summed E-state index contributed by atoms with van der Waals surface area (Å²) in [7, 11) is 0. The molecule has 2 aromatic carbocycles. The van der Waals surface area contributed by atoms with Gasteiger partial charge in [0, 0.05) is 18.1 Å². The molecule has 0 saturated heterocycles. The van der Waals surface area contributed by atoms with Crippen molar-refractivity contribution in [3.8, 4) is 0 Å². The van der Waals surface area contributed by atoms with Crippen LogP contribution in [0.15, 0.2) is 42.5 Å².